The van der Waals surface area contributed by atoms with E-state index in [1.54, 1.807) is 67.8 Å². The third kappa shape index (κ3) is 6.08. The van der Waals surface area contributed by atoms with E-state index in [1.165, 1.54) is 18.3 Å². The van der Waals surface area contributed by atoms with Gasteiger partial charge in [0.2, 0.25) is 11.6 Å². The van der Waals surface area contributed by atoms with Gasteiger partial charge in [0, 0.05) is 21.8 Å². The molecule has 0 unspecified atom stereocenters. The van der Waals surface area contributed by atoms with Crippen LogP contribution in [0.15, 0.2) is 104 Å². The highest BCUT2D eigenvalue weighted by Gasteiger charge is 2.23. The first kappa shape index (κ1) is 30.2. The molecule has 0 atom stereocenters. The summed E-state index contributed by atoms with van der Waals surface area (Å²) >= 11 is 3.29. The molecule has 6 rings (SSSR count). The van der Waals surface area contributed by atoms with Crippen molar-refractivity contribution in [1.82, 2.24) is 9.66 Å². The molecular formula is C33H24BrN5O7. The number of aryl methyl sites for hydroxylation is 1. The third-order valence-electron chi connectivity index (χ3n) is 6.97. The van der Waals surface area contributed by atoms with Crippen LogP contribution >= 0.6 is 15.9 Å². The molecule has 0 aliphatic rings. The van der Waals surface area contributed by atoms with Crippen LogP contribution in [0.4, 0.5) is 11.4 Å². The summed E-state index contributed by atoms with van der Waals surface area (Å²) in [5.41, 5.74) is 1.71. The van der Waals surface area contributed by atoms with Crippen molar-refractivity contribution in [3.63, 3.8) is 0 Å². The molecule has 0 radical (unpaired) electrons. The van der Waals surface area contributed by atoms with Gasteiger partial charge in [-0.3, -0.25) is 19.7 Å². The summed E-state index contributed by atoms with van der Waals surface area (Å²) in [6.45, 7) is 1.39. The number of nitro groups is 1. The Labute approximate surface area is 269 Å². The Morgan fingerprint density at radius 2 is 1.87 bits per heavy atom. The molecule has 6 aromatic rings. The third-order valence-corrected chi connectivity index (χ3v) is 7.43. The average molecular weight is 682 g/mol. The van der Waals surface area contributed by atoms with Gasteiger partial charge in [0.15, 0.2) is 12.4 Å². The number of hydrogen-bond donors (Lipinski definition) is 1. The number of carbonyl (C=O) groups is 1. The number of nitro benzene ring substituents is 1. The number of amides is 1. The molecule has 230 valence electrons. The molecule has 12 nitrogen and oxygen atoms in total. The first-order chi connectivity index (χ1) is 22.2. The normalized spacial score (nSPS) is 11.3. The Kier molecular flexibility index (Phi) is 8.31. The van der Waals surface area contributed by atoms with Crippen LogP contribution in [0, 0.1) is 17.0 Å². The van der Waals surface area contributed by atoms with E-state index >= 15 is 0 Å². The first-order valence-electron chi connectivity index (χ1n) is 13.8. The molecule has 0 saturated heterocycles. The van der Waals surface area contributed by atoms with Crippen molar-refractivity contribution in [2.24, 2.45) is 5.10 Å². The second-order valence-electron chi connectivity index (χ2n) is 10.1. The largest absolute Gasteiger partial charge is 0.496 e. The molecule has 13 heteroatoms. The lowest BCUT2D eigenvalue weighted by Crippen LogP contribution is -2.21. The summed E-state index contributed by atoms with van der Waals surface area (Å²) in [5.74, 6) is 0.154. The van der Waals surface area contributed by atoms with Crippen LogP contribution in [0.1, 0.15) is 11.1 Å². The van der Waals surface area contributed by atoms with Gasteiger partial charge in [-0.05, 0) is 55.5 Å². The molecule has 2 aromatic heterocycles. The smallest absolute Gasteiger partial charge is 0.312 e. The van der Waals surface area contributed by atoms with Gasteiger partial charge in [-0.2, -0.15) is 9.78 Å². The number of methoxy groups -OCH3 is 1. The van der Waals surface area contributed by atoms with Gasteiger partial charge >= 0.3 is 5.69 Å². The molecule has 0 aliphatic heterocycles. The molecule has 0 spiro atoms. The summed E-state index contributed by atoms with van der Waals surface area (Å²) in [5, 5.41) is 20.1. The quantitative estimate of drug-likeness (QED) is 0.101. The number of fused-ring (bicyclic) bond motifs is 2. The molecule has 1 N–H and O–H groups in total. The molecule has 1 amide bonds. The topological polar surface area (TPSA) is 151 Å². The number of anilines is 1. The lowest BCUT2D eigenvalue weighted by Gasteiger charge is -2.11. The summed E-state index contributed by atoms with van der Waals surface area (Å²) in [4.78, 5) is 42.5. The van der Waals surface area contributed by atoms with Crippen molar-refractivity contribution < 1.29 is 23.6 Å². The molecule has 0 aliphatic carbocycles. The van der Waals surface area contributed by atoms with Crippen molar-refractivity contribution in [2.75, 3.05) is 19.0 Å². The molecule has 0 bridgehead atoms. The number of nitrogens with zero attached hydrogens (tertiary/aromatic N) is 4. The van der Waals surface area contributed by atoms with Gasteiger partial charge in [-0.25, -0.2) is 4.98 Å². The second kappa shape index (κ2) is 12.7. The molecule has 2 heterocycles. The zero-order chi connectivity index (χ0) is 32.4. The number of rotatable bonds is 9. The van der Waals surface area contributed by atoms with Crippen LogP contribution in [0.25, 0.3) is 33.5 Å². The van der Waals surface area contributed by atoms with Crippen LogP contribution in [0.2, 0.25) is 0 Å². The molecule has 46 heavy (non-hydrogen) atoms. The maximum atomic E-state index is 13.8. The summed E-state index contributed by atoms with van der Waals surface area (Å²) in [7, 11) is 1.54. The van der Waals surface area contributed by atoms with Crippen molar-refractivity contribution in [1.29, 1.82) is 0 Å². The zero-order valence-electron chi connectivity index (χ0n) is 24.4. The SMILES string of the molecule is COc1cccc2oc(-c3nc4ccccc4c(=O)n3N=Cc3cc(Br)cc([N+](=O)[O-])c3OCC(=O)Nc3ccc(C)cc3)cc12. The van der Waals surface area contributed by atoms with Gasteiger partial charge in [0.25, 0.3) is 11.5 Å². The van der Waals surface area contributed by atoms with Gasteiger partial charge in [-0.15, -0.1) is 0 Å². The highest BCUT2D eigenvalue weighted by molar-refractivity contribution is 9.10. The maximum absolute atomic E-state index is 13.8. The number of ether oxygens (including phenoxy) is 2. The standard InChI is InChI=1S/C33H24BrN5O7/c1-19-10-12-22(13-11-19)36-30(40)18-45-31-20(14-21(34)15-26(31)39(42)43)17-35-38-32(37-25-7-4-3-6-23(25)33(38)41)29-16-24-27(44-2)8-5-9-28(24)46-29/h3-17H,18H2,1-2H3,(H,36,40). The van der Waals surface area contributed by atoms with E-state index in [1.807, 2.05) is 19.1 Å². The fourth-order valence-electron chi connectivity index (χ4n) is 4.79. The average Bonchev–Trinajstić information content (AvgIpc) is 3.49. The van der Waals surface area contributed by atoms with Crippen molar-refractivity contribution in [3.8, 4) is 23.1 Å². The Hall–Kier alpha value is -5.82. The van der Waals surface area contributed by atoms with Gasteiger partial charge in [0.05, 0.1) is 34.5 Å². The number of carbonyl (C=O) groups excluding carboxylic acids is 1. The highest BCUT2D eigenvalue weighted by Crippen LogP contribution is 2.35. The lowest BCUT2D eigenvalue weighted by atomic mass is 10.2. The van der Waals surface area contributed by atoms with Crippen LogP contribution in [-0.2, 0) is 4.79 Å². The second-order valence-corrected chi connectivity index (χ2v) is 11.0. The number of furan rings is 1. The van der Waals surface area contributed by atoms with Crippen molar-refractivity contribution in [3.05, 3.63) is 121 Å². The first-order valence-corrected chi connectivity index (χ1v) is 14.6. The summed E-state index contributed by atoms with van der Waals surface area (Å²) < 4.78 is 18.6. The Morgan fingerprint density at radius 1 is 1.09 bits per heavy atom. The summed E-state index contributed by atoms with van der Waals surface area (Å²) in [6.07, 6.45) is 1.23. The number of nitrogens with one attached hydrogen (secondary N) is 1. The minimum atomic E-state index is -0.633. The van der Waals surface area contributed by atoms with E-state index < -0.39 is 28.7 Å². The number of benzene rings is 4. The number of halogens is 1. The van der Waals surface area contributed by atoms with E-state index in [-0.39, 0.29) is 22.9 Å². The van der Waals surface area contributed by atoms with Gasteiger partial charge in [-0.1, -0.05) is 51.8 Å². The van der Waals surface area contributed by atoms with Crippen molar-refractivity contribution in [2.45, 2.75) is 6.92 Å². The Bertz CT molecular complexity index is 2230. The Morgan fingerprint density at radius 3 is 2.63 bits per heavy atom. The van der Waals surface area contributed by atoms with Gasteiger partial charge < -0.3 is 19.2 Å². The fourth-order valence-corrected chi connectivity index (χ4v) is 5.26. The van der Waals surface area contributed by atoms with Crippen LogP contribution in [-0.4, -0.2) is 40.4 Å². The molecule has 4 aromatic carbocycles. The molecular weight excluding hydrogens is 658 g/mol. The summed E-state index contributed by atoms with van der Waals surface area (Å²) in [6, 6.07) is 23.7. The number of hydrogen-bond acceptors (Lipinski definition) is 9. The van der Waals surface area contributed by atoms with E-state index in [2.05, 4.69) is 31.3 Å². The predicted octanol–water partition coefficient (Wildman–Crippen LogP) is 6.70. The lowest BCUT2D eigenvalue weighted by molar-refractivity contribution is -0.385. The van der Waals surface area contributed by atoms with E-state index in [0.717, 1.165) is 10.2 Å². The van der Waals surface area contributed by atoms with Crippen molar-refractivity contribution >= 4 is 61.3 Å². The minimum Gasteiger partial charge on any atom is -0.496 e. The molecule has 0 saturated carbocycles. The van der Waals surface area contributed by atoms with Crippen LogP contribution in [0.3, 0.4) is 0 Å². The van der Waals surface area contributed by atoms with Gasteiger partial charge in [0.1, 0.15) is 11.3 Å². The van der Waals surface area contributed by atoms with E-state index in [4.69, 9.17) is 13.9 Å². The minimum absolute atomic E-state index is 0.0858. The predicted molar refractivity (Wildman–Crippen MR) is 177 cm³/mol. The Balaban J connectivity index is 1.42. The maximum Gasteiger partial charge on any atom is 0.312 e. The fraction of sp³-hybridized carbons (Fsp3) is 0.0909. The van der Waals surface area contributed by atoms with E-state index in [9.17, 15) is 19.7 Å². The zero-order valence-corrected chi connectivity index (χ0v) is 26.0. The number of para-hydroxylation sites is 1. The monoisotopic (exact) mass is 681 g/mol. The van der Waals surface area contributed by atoms with E-state index in [0.29, 0.717) is 37.8 Å². The molecule has 0 fully saturated rings. The van der Waals surface area contributed by atoms with Crippen LogP contribution in [0.5, 0.6) is 11.5 Å². The highest BCUT2D eigenvalue weighted by atomic mass is 79.9. The number of aromatic nitrogens is 2. The van der Waals surface area contributed by atoms with Crippen LogP contribution < -0.4 is 20.3 Å².